The van der Waals surface area contributed by atoms with Crippen molar-refractivity contribution in [2.24, 2.45) is 5.73 Å². The van der Waals surface area contributed by atoms with Crippen molar-refractivity contribution in [3.05, 3.63) is 130 Å². The third-order valence-electron chi connectivity index (χ3n) is 6.87. The van der Waals surface area contributed by atoms with Crippen LogP contribution in [0.5, 0.6) is 5.75 Å². The van der Waals surface area contributed by atoms with E-state index in [0.717, 1.165) is 22.6 Å². The Labute approximate surface area is 233 Å². The molecule has 1 aliphatic rings. The summed E-state index contributed by atoms with van der Waals surface area (Å²) in [4.78, 5) is 38.1. The van der Waals surface area contributed by atoms with E-state index >= 15 is 0 Å². The molecule has 5 rings (SSSR count). The first-order chi connectivity index (χ1) is 19.5. The molecular formula is C33H31N3O4. The van der Waals surface area contributed by atoms with E-state index in [1.807, 2.05) is 54.6 Å². The molecule has 0 fully saturated rings. The van der Waals surface area contributed by atoms with Crippen molar-refractivity contribution in [3.8, 4) is 5.75 Å². The summed E-state index contributed by atoms with van der Waals surface area (Å²) in [7, 11) is 0. The standard InChI is InChI=1S/C33H31N3O4/c34-30(19-22-11-14-25(15-12-22)40-21-23-7-2-1-3-8-23)33(39)36-18-6-17-35-24-13-16-28-29(20-24)32(38)27-10-5-4-9-26(27)31(28)37/h1-5,7-16,20,30,35H,6,17-19,21,34H2,(H,36,39)/t30-/m0/s1. The summed E-state index contributed by atoms with van der Waals surface area (Å²) in [6, 6.07) is 29.0. The Bertz CT molecular complexity index is 1520. The molecule has 0 aromatic heterocycles. The van der Waals surface area contributed by atoms with Crippen molar-refractivity contribution in [1.82, 2.24) is 5.32 Å². The number of fused-ring (bicyclic) bond motifs is 2. The number of amides is 1. The van der Waals surface area contributed by atoms with Crippen LogP contribution >= 0.6 is 0 Å². The number of rotatable bonds is 11. The molecule has 0 heterocycles. The Morgan fingerprint density at radius 3 is 2.10 bits per heavy atom. The topological polar surface area (TPSA) is 111 Å². The minimum absolute atomic E-state index is 0.136. The van der Waals surface area contributed by atoms with E-state index in [-0.39, 0.29) is 17.5 Å². The molecule has 4 aromatic carbocycles. The molecule has 1 aliphatic carbocycles. The lowest BCUT2D eigenvalue weighted by Crippen LogP contribution is -2.42. The Kier molecular flexibility index (Phi) is 8.32. The molecule has 0 saturated carbocycles. The molecule has 40 heavy (non-hydrogen) atoms. The molecule has 4 aromatic rings. The average molecular weight is 534 g/mol. The smallest absolute Gasteiger partial charge is 0.237 e. The summed E-state index contributed by atoms with van der Waals surface area (Å²) >= 11 is 0. The van der Waals surface area contributed by atoms with E-state index in [1.165, 1.54) is 0 Å². The summed E-state index contributed by atoms with van der Waals surface area (Å²) in [6.45, 7) is 1.54. The fraction of sp³-hybridized carbons (Fsp3) is 0.182. The van der Waals surface area contributed by atoms with Gasteiger partial charge >= 0.3 is 0 Å². The second kappa shape index (κ2) is 12.4. The van der Waals surface area contributed by atoms with Crippen LogP contribution in [-0.2, 0) is 17.8 Å². The van der Waals surface area contributed by atoms with Crippen LogP contribution in [0.4, 0.5) is 5.69 Å². The van der Waals surface area contributed by atoms with Crippen LogP contribution in [0.15, 0.2) is 97.1 Å². The van der Waals surface area contributed by atoms with Gasteiger partial charge in [-0.1, -0.05) is 66.7 Å². The fourth-order valence-corrected chi connectivity index (χ4v) is 4.68. The highest BCUT2D eigenvalue weighted by molar-refractivity contribution is 6.28. The number of ether oxygens (including phenoxy) is 1. The van der Waals surface area contributed by atoms with Gasteiger partial charge in [-0.2, -0.15) is 0 Å². The van der Waals surface area contributed by atoms with Crippen molar-refractivity contribution in [1.29, 1.82) is 0 Å². The predicted molar refractivity (Wildman–Crippen MR) is 155 cm³/mol. The predicted octanol–water partition coefficient (Wildman–Crippen LogP) is 4.53. The molecule has 1 atom stereocenters. The Balaban J connectivity index is 1.04. The molecule has 7 nitrogen and oxygen atoms in total. The van der Waals surface area contributed by atoms with Crippen LogP contribution in [0.1, 0.15) is 49.4 Å². The summed E-state index contributed by atoms with van der Waals surface area (Å²) < 4.78 is 5.81. The minimum Gasteiger partial charge on any atom is -0.489 e. The molecule has 1 amide bonds. The van der Waals surface area contributed by atoms with Gasteiger partial charge < -0.3 is 21.1 Å². The van der Waals surface area contributed by atoms with Crippen LogP contribution in [0, 0.1) is 0 Å². The normalized spacial score (nSPS) is 12.7. The highest BCUT2D eigenvalue weighted by Crippen LogP contribution is 2.29. The molecule has 0 spiro atoms. The Morgan fingerprint density at radius 2 is 1.38 bits per heavy atom. The third kappa shape index (κ3) is 6.27. The maximum Gasteiger partial charge on any atom is 0.237 e. The van der Waals surface area contributed by atoms with Gasteiger partial charge in [-0.15, -0.1) is 0 Å². The molecular weight excluding hydrogens is 502 g/mol. The Morgan fingerprint density at radius 1 is 0.725 bits per heavy atom. The van der Waals surface area contributed by atoms with Crippen molar-refractivity contribution >= 4 is 23.2 Å². The van der Waals surface area contributed by atoms with E-state index < -0.39 is 6.04 Å². The highest BCUT2D eigenvalue weighted by atomic mass is 16.5. The number of hydrogen-bond donors (Lipinski definition) is 3. The zero-order valence-electron chi connectivity index (χ0n) is 22.1. The quantitative estimate of drug-likeness (QED) is 0.215. The number of nitrogens with two attached hydrogens (primary N) is 1. The van der Waals surface area contributed by atoms with Gasteiger partial charge in [0.05, 0.1) is 6.04 Å². The van der Waals surface area contributed by atoms with E-state index in [2.05, 4.69) is 10.6 Å². The number of hydrogen-bond acceptors (Lipinski definition) is 6. The fourth-order valence-electron chi connectivity index (χ4n) is 4.68. The van der Waals surface area contributed by atoms with Crippen molar-refractivity contribution in [2.75, 3.05) is 18.4 Å². The molecule has 0 unspecified atom stereocenters. The van der Waals surface area contributed by atoms with E-state index in [4.69, 9.17) is 10.5 Å². The van der Waals surface area contributed by atoms with Gasteiger partial charge in [0.25, 0.3) is 0 Å². The first-order valence-corrected chi connectivity index (χ1v) is 13.3. The number of nitrogens with one attached hydrogen (secondary N) is 2. The highest BCUT2D eigenvalue weighted by Gasteiger charge is 2.29. The Hall–Kier alpha value is -4.75. The molecule has 0 radical (unpaired) electrons. The van der Waals surface area contributed by atoms with E-state index in [0.29, 0.717) is 54.8 Å². The van der Waals surface area contributed by atoms with Crippen molar-refractivity contribution in [3.63, 3.8) is 0 Å². The SMILES string of the molecule is N[C@@H](Cc1ccc(OCc2ccccc2)cc1)C(=O)NCCCNc1ccc2c(c1)C(=O)c1ccccc1C2=O. The van der Waals surface area contributed by atoms with Gasteiger partial charge in [0.1, 0.15) is 12.4 Å². The van der Waals surface area contributed by atoms with Crippen LogP contribution in [0.3, 0.4) is 0 Å². The largest absolute Gasteiger partial charge is 0.489 e. The average Bonchev–Trinajstić information content (AvgIpc) is 2.99. The lowest BCUT2D eigenvalue weighted by Gasteiger charge is -2.18. The summed E-state index contributed by atoms with van der Waals surface area (Å²) in [5.74, 6) is 0.270. The second-order valence-electron chi connectivity index (χ2n) is 9.76. The van der Waals surface area contributed by atoms with Crippen LogP contribution in [0.2, 0.25) is 0 Å². The minimum atomic E-state index is -0.656. The van der Waals surface area contributed by atoms with Crippen LogP contribution in [0.25, 0.3) is 0 Å². The maximum atomic E-state index is 12.9. The maximum absolute atomic E-state index is 12.9. The van der Waals surface area contributed by atoms with Gasteiger partial charge in [0.15, 0.2) is 11.6 Å². The molecule has 0 saturated heterocycles. The van der Waals surface area contributed by atoms with Gasteiger partial charge in [0, 0.05) is 41.0 Å². The molecule has 0 bridgehead atoms. The molecule has 0 aliphatic heterocycles. The van der Waals surface area contributed by atoms with E-state index in [1.54, 1.807) is 42.5 Å². The van der Waals surface area contributed by atoms with Crippen molar-refractivity contribution < 1.29 is 19.1 Å². The molecule has 4 N–H and O–H groups in total. The zero-order chi connectivity index (χ0) is 27.9. The first kappa shape index (κ1) is 26.8. The zero-order valence-corrected chi connectivity index (χ0v) is 22.1. The summed E-state index contributed by atoms with van der Waals surface area (Å²) in [5.41, 5.74) is 10.6. The van der Waals surface area contributed by atoms with Gasteiger partial charge in [-0.25, -0.2) is 0 Å². The third-order valence-corrected chi connectivity index (χ3v) is 6.87. The van der Waals surface area contributed by atoms with Gasteiger partial charge in [-0.05, 0) is 54.3 Å². The van der Waals surface area contributed by atoms with Crippen LogP contribution in [-0.4, -0.2) is 36.6 Å². The summed E-state index contributed by atoms with van der Waals surface area (Å²) in [5, 5.41) is 6.15. The number of benzene rings is 4. The second-order valence-corrected chi connectivity index (χ2v) is 9.76. The number of ketones is 2. The summed E-state index contributed by atoms with van der Waals surface area (Å²) in [6.07, 6.45) is 1.09. The first-order valence-electron chi connectivity index (χ1n) is 13.3. The number of anilines is 1. The van der Waals surface area contributed by atoms with Gasteiger partial charge in [0.2, 0.25) is 5.91 Å². The number of carbonyl (C=O) groups is 3. The lowest BCUT2D eigenvalue weighted by molar-refractivity contribution is -0.122. The monoisotopic (exact) mass is 533 g/mol. The lowest BCUT2D eigenvalue weighted by atomic mass is 9.84. The van der Waals surface area contributed by atoms with E-state index in [9.17, 15) is 14.4 Å². The molecule has 202 valence electrons. The van der Waals surface area contributed by atoms with Crippen molar-refractivity contribution in [2.45, 2.75) is 25.5 Å². The number of carbonyl (C=O) groups excluding carboxylic acids is 3. The van der Waals surface area contributed by atoms with Gasteiger partial charge in [-0.3, -0.25) is 14.4 Å². The van der Waals surface area contributed by atoms with Crippen LogP contribution < -0.4 is 21.1 Å². The molecule has 7 heteroatoms.